The lowest BCUT2D eigenvalue weighted by molar-refractivity contribution is -0.123. The second kappa shape index (κ2) is 7.49. The number of ether oxygens (including phenoxy) is 1. The summed E-state index contributed by atoms with van der Waals surface area (Å²) in [7, 11) is 0. The molecule has 0 atom stereocenters. The third-order valence-corrected chi connectivity index (χ3v) is 3.79. The van der Waals surface area contributed by atoms with E-state index >= 15 is 0 Å². The van der Waals surface area contributed by atoms with Gasteiger partial charge >= 0.3 is 0 Å². The summed E-state index contributed by atoms with van der Waals surface area (Å²) in [5, 5.41) is 5.02. The number of imide groups is 1. The number of amides is 2. The molecule has 0 spiro atoms. The fourth-order valence-corrected chi connectivity index (χ4v) is 2.48. The highest BCUT2D eigenvalue weighted by Gasteiger charge is 2.32. The Morgan fingerprint density at radius 1 is 1.19 bits per heavy atom. The van der Waals surface area contributed by atoms with Crippen molar-refractivity contribution in [1.29, 1.82) is 0 Å². The Balaban J connectivity index is 1.80. The quantitative estimate of drug-likeness (QED) is 0.486. The summed E-state index contributed by atoms with van der Waals surface area (Å²) in [6.45, 7) is 1.90. The van der Waals surface area contributed by atoms with E-state index in [0.717, 1.165) is 10.6 Å². The van der Waals surface area contributed by atoms with E-state index in [4.69, 9.17) is 11.2 Å². The Morgan fingerprint density at radius 3 is 2.54 bits per heavy atom. The minimum atomic E-state index is -0.448. The van der Waals surface area contributed by atoms with Crippen molar-refractivity contribution in [3.8, 4) is 18.1 Å². The Kier molecular flexibility index (Phi) is 4.95. The third-order valence-electron chi connectivity index (χ3n) is 3.79. The first-order chi connectivity index (χ1) is 12.6. The molecule has 0 aromatic heterocycles. The molecule has 0 bridgehead atoms. The number of hydrazone groups is 1. The van der Waals surface area contributed by atoms with E-state index in [0.29, 0.717) is 22.6 Å². The molecule has 0 aliphatic carbocycles. The van der Waals surface area contributed by atoms with Crippen molar-refractivity contribution < 1.29 is 14.3 Å². The standard InChI is InChI=1S/C21H16N2O3/c1-3-13-26-18-11-9-16(10-12-18)14-19-15(2)22-23(21(19)25)20(24)17-7-5-4-6-8-17/h1,4-12,14H,13H2,2H3/b19-14+. The topological polar surface area (TPSA) is 59.0 Å². The fourth-order valence-electron chi connectivity index (χ4n) is 2.48. The maximum Gasteiger partial charge on any atom is 0.283 e. The zero-order valence-electron chi connectivity index (χ0n) is 14.2. The second-order valence-electron chi connectivity index (χ2n) is 5.59. The summed E-state index contributed by atoms with van der Waals surface area (Å²) in [6, 6.07) is 15.7. The molecule has 1 aliphatic rings. The van der Waals surface area contributed by atoms with Crippen LogP contribution in [0.15, 0.2) is 65.3 Å². The molecular formula is C21H16N2O3. The molecule has 0 radical (unpaired) electrons. The van der Waals surface area contributed by atoms with Crippen molar-refractivity contribution in [2.75, 3.05) is 6.61 Å². The number of carbonyl (C=O) groups excluding carboxylic acids is 2. The van der Waals surface area contributed by atoms with Crippen LogP contribution in [-0.2, 0) is 4.79 Å². The highest BCUT2D eigenvalue weighted by molar-refractivity contribution is 6.30. The van der Waals surface area contributed by atoms with Gasteiger partial charge in [0.1, 0.15) is 12.4 Å². The van der Waals surface area contributed by atoms with Crippen molar-refractivity contribution in [1.82, 2.24) is 5.01 Å². The smallest absolute Gasteiger partial charge is 0.283 e. The lowest BCUT2D eigenvalue weighted by atomic mass is 10.1. The van der Waals surface area contributed by atoms with Crippen LogP contribution in [0, 0.1) is 12.3 Å². The number of nitrogens with zero attached hydrogens (tertiary/aromatic N) is 2. The van der Waals surface area contributed by atoms with Gasteiger partial charge in [-0.1, -0.05) is 36.3 Å². The number of terminal acetylenes is 1. The Labute approximate surface area is 151 Å². The van der Waals surface area contributed by atoms with Gasteiger partial charge in [-0.15, -0.1) is 6.42 Å². The first kappa shape index (κ1) is 17.2. The van der Waals surface area contributed by atoms with Crippen LogP contribution in [0.3, 0.4) is 0 Å². The predicted molar refractivity (Wildman–Crippen MR) is 99.5 cm³/mol. The number of benzene rings is 2. The van der Waals surface area contributed by atoms with Crippen molar-refractivity contribution in [2.45, 2.75) is 6.92 Å². The van der Waals surface area contributed by atoms with Gasteiger partial charge in [-0.25, -0.2) is 0 Å². The van der Waals surface area contributed by atoms with Crippen molar-refractivity contribution in [2.24, 2.45) is 5.10 Å². The van der Waals surface area contributed by atoms with Crippen LogP contribution in [0.4, 0.5) is 0 Å². The van der Waals surface area contributed by atoms with Gasteiger partial charge in [0.25, 0.3) is 11.8 Å². The van der Waals surface area contributed by atoms with Gasteiger partial charge in [0.15, 0.2) is 0 Å². The molecule has 26 heavy (non-hydrogen) atoms. The minimum Gasteiger partial charge on any atom is -0.481 e. The molecule has 5 nitrogen and oxygen atoms in total. The van der Waals surface area contributed by atoms with Crippen LogP contribution in [0.25, 0.3) is 6.08 Å². The molecular weight excluding hydrogens is 328 g/mol. The molecule has 2 aromatic rings. The Hall–Kier alpha value is -3.65. The van der Waals surface area contributed by atoms with Gasteiger partial charge in [-0.05, 0) is 42.8 Å². The van der Waals surface area contributed by atoms with Gasteiger partial charge in [-0.3, -0.25) is 9.59 Å². The largest absolute Gasteiger partial charge is 0.481 e. The zero-order chi connectivity index (χ0) is 18.5. The van der Waals surface area contributed by atoms with E-state index in [1.165, 1.54) is 0 Å². The molecule has 0 N–H and O–H groups in total. The van der Waals surface area contributed by atoms with Crippen molar-refractivity contribution in [3.05, 3.63) is 71.3 Å². The Morgan fingerprint density at radius 2 is 1.88 bits per heavy atom. The van der Waals surface area contributed by atoms with Crippen LogP contribution in [0.1, 0.15) is 22.8 Å². The number of hydrogen-bond donors (Lipinski definition) is 0. The zero-order valence-corrected chi connectivity index (χ0v) is 14.2. The first-order valence-corrected chi connectivity index (χ1v) is 7.97. The molecule has 128 valence electrons. The number of carbonyl (C=O) groups is 2. The lowest BCUT2D eigenvalue weighted by Crippen LogP contribution is -2.29. The summed E-state index contributed by atoms with van der Waals surface area (Å²) in [5.41, 5.74) is 2.08. The average molecular weight is 344 g/mol. The highest BCUT2D eigenvalue weighted by atomic mass is 16.5. The van der Waals surface area contributed by atoms with Gasteiger partial charge in [0.2, 0.25) is 0 Å². The van der Waals surface area contributed by atoms with Gasteiger partial charge in [-0.2, -0.15) is 10.1 Å². The molecule has 1 aliphatic heterocycles. The van der Waals surface area contributed by atoms with Crippen LogP contribution < -0.4 is 4.74 Å². The summed E-state index contributed by atoms with van der Waals surface area (Å²) >= 11 is 0. The fraction of sp³-hybridized carbons (Fsp3) is 0.0952. The van der Waals surface area contributed by atoms with E-state index < -0.39 is 11.8 Å². The normalized spacial score (nSPS) is 14.9. The van der Waals surface area contributed by atoms with Gasteiger partial charge in [0.05, 0.1) is 11.3 Å². The number of hydrogen-bond acceptors (Lipinski definition) is 4. The summed E-state index contributed by atoms with van der Waals surface area (Å²) in [4.78, 5) is 25.1. The monoisotopic (exact) mass is 344 g/mol. The number of rotatable bonds is 4. The summed E-state index contributed by atoms with van der Waals surface area (Å²) < 4.78 is 5.32. The first-order valence-electron chi connectivity index (χ1n) is 7.97. The van der Waals surface area contributed by atoms with Gasteiger partial charge in [0, 0.05) is 5.56 Å². The van der Waals surface area contributed by atoms with Crippen molar-refractivity contribution in [3.63, 3.8) is 0 Å². The van der Waals surface area contributed by atoms with E-state index in [2.05, 4.69) is 11.0 Å². The molecule has 1 heterocycles. The highest BCUT2D eigenvalue weighted by Crippen LogP contribution is 2.21. The van der Waals surface area contributed by atoms with E-state index in [1.54, 1.807) is 67.6 Å². The average Bonchev–Trinajstić information content (AvgIpc) is 2.95. The molecule has 0 unspecified atom stereocenters. The summed E-state index contributed by atoms with van der Waals surface area (Å²) in [5.74, 6) is 2.16. The summed E-state index contributed by atoms with van der Waals surface area (Å²) in [6.07, 6.45) is 6.86. The molecule has 0 saturated carbocycles. The lowest BCUT2D eigenvalue weighted by Gasteiger charge is -2.09. The molecule has 2 amide bonds. The Bertz CT molecular complexity index is 935. The maximum absolute atomic E-state index is 12.6. The molecule has 0 fully saturated rings. The molecule has 3 rings (SSSR count). The molecule has 2 aromatic carbocycles. The predicted octanol–water partition coefficient (Wildman–Crippen LogP) is 3.14. The van der Waals surface area contributed by atoms with Crippen molar-refractivity contribution >= 4 is 23.6 Å². The van der Waals surface area contributed by atoms with E-state index in [-0.39, 0.29) is 6.61 Å². The SMILES string of the molecule is C#CCOc1ccc(/C=C2/C(=O)N(C(=O)c3ccccc3)N=C2C)cc1. The van der Waals surface area contributed by atoms with Gasteiger partial charge < -0.3 is 4.74 Å². The van der Waals surface area contributed by atoms with Crippen LogP contribution in [0.2, 0.25) is 0 Å². The maximum atomic E-state index is 12.6. The second-order valence-corrected chi connectivity index (χ2v) is 5.59. The van der Waals surface area contributed by atoms with E-state index in [1.807, 2.05) is 0 Å². The molecule has 0 saturated heterocycles. The van der Waals surface area contributed by atoms with Crippen LogP contribution in [-0.4, -0.2) is 29.1 Å². The third kappa shape index (κ3) is 3.55. The van der Waals surface area contributed by atoms with Crippen LogP contribution in [0.5, 0.6) is 5.75 Å². The van der Waals surface area contributed by atoms with E-state index in [9.17, 15) is 9.59 Å². The van der Waals surface area contributed by atoms with Crippen LogP contribution >= 0.6 is 0 Å². The minimum absolute atomic E-state index is 0.196. The molecule has 5 heteroatoms.